The van der Waals surface area contributed by atoms with Gasteiger partial charge in [-0.3, -0.25) is 0 Å². The van der Waals surface area contributed by atoms with Gasteiger partial charge in [0.15, 0.2) is 0 Å². The Hall–Kier alpha value is -1.32. The van der Waals surface area contributed by atoms with Gasteiger partial charge in [0.25, 0.3) is 0 Å². The van der Waals surface area contributed by atoms with Gasteiger partial charge in [-0.1, -0.05) is 49.6 Å². The van der Waals surface area contributed by atoms with Crippen LogP contribution in [0.5, 0.6) is 0 Å². The number of hydrogen-bond acceptors (Lipinski definition) is 6. The SMILES string of the molecule is C=Cc1ccccc1C=C.CCO[Si](CCC(N)(N)N)(OCC)OCC. The Labute approximate surface area is 159 Å². The zero-order valence-corrected chi connectivity index (χ0v) is 17.4. The van der Waals surface area contributed by atoms with E-state index in [2.05, 4.69) is 13.2 Å². The molecule has 0 heterocycles. The molecule has 0 aliphatic rings. The molecule has 0 atom stereocenters. The first-order valence-corrected chi connectivity index (χ1v) is 10.8. The fraction of sp³-hybridized carbons (Fsp3) is 0.474. The van der Waals surface area contributed by atoms with Crippen LogP contribution in [0.1, 0.15) is 38.3 Å². The van der Waals surface area contributed by atoms with Crippen molar-refractivity contribution in [1.29, 1.82) is 0 Å². The number of benzene rings is 1. The van der Waals surface area contributed by atoms with Gasteiger partial charge in [-0.25, -0.2) is 0 Å². The molecule has 1 rings (SSSR count). The van der Waals surface area contributed by atoms with Gasteiger partial charge in [0.05, 0.1) is 0 Å². The fourth-order valence-electron chi connectivity index (χ4n) is 2.25. The van der Waals surface area contributed by atoms with Gasteiger partial charge < -0.3 is 30.5 Å². The van der Waals surface area contributed by atoms with E-state index in [1.807, 2.05) is 57.2 Å². The van der Waals surface area contributed by atoms with Crippen molar-refractivity contribution < 1.29 is 13.3 Å². The van der Waals surface area contributed by atoms with Crippen molar-refractivity contribution in [3.05, 3.63) is 48.6 Å². The average Bonchev–Trinajstić information content (AvgIpc) is 2.60. The zero-order valence-electron chi connectivity index (χ0n) is 16.4. The molecule has 0 radical (unpaired) electrons. The summed E-state index contributed by atoms with van der Waals surface area (Å²) in [5.74, 6) is -1.20. The summed E-state index contributed by atoms with van der Waals surface area (Å²) in [5, 5.41) is 0. The summed E-state index contributed by atoms with van der Waals surface area (Å²) in [6.45, 7) is 14.7. The van der Waals surface area contributed by atoms with Crippen LogP contribution in [-0.2, 0) is 13.3 Å². The molecule has 7 heteroatoms. The molecule has 0 aliphatic carbocycles. The van der Waals surface area contributed by atoms with Crippen LogP contribution in [0.2, 0.25) is 6.04 Å². The Morgan fingerprint density at radius 1 is 0.885 bits per heavy atom. The van der Waals surface area contributed by atoms with E-state index in [0.717, 1.165) is 11.1 Å². The topological polar surface area (TPSA) is 106 Å². The van der Waals surface area contributed by atoms with Gasteiger partial charge in [0.1, 0.15) is 5.79 Å². The number of rotatable bonds is 11. The molecule has 0 unspecified atom stereocenters. The van der Waals surface area contributed by atoms with Crippen LogP contribution in [0, 0.1) is 0 Å². The Kier molecular flexibility index (Phi) is 12.3. The minimum absolute atomic E-state index is 0.402. The molecular formula is C19H35N3O3Si. The van der Waals surface area contributed by atoms with Crippen LogP contribution in [0.4, 0.5) is 0 Å². The van der Waals surface area contributed by atoms with E-state index in [-0.39, 0.29) is 0 Å². The van der Waals surface area contributed by atoms with Crippen molar-refractivity contribution in [2.24, 2.45) is 17.2 Å². The number of hydrogen-bond donors (Lipinski definition) is 3. The first-order valence-electron chi connectivity index (χ1n) is 8.89. The largest absolute Gasteiger partial charge is 0.501 e. The lowest BCUT2D eigenvalue weighted by molar-refractivity contribution is 0.0690. The van der Waals surface area contributed by atoms with E-state index in [1.165, 1.54) is 0 Å². The van der Waals surface area contributed by atoms with Crippen molar-refractivity contribution in [2.75, 3.05) is 19.8 Å². The standard InChI is InChI=1S/C10H10.C9H25N3O3Si/c1-3-9-7-5-6-8-10(9)4-2;1-4-13-16(14-5-2,15-6-3)8-7-9(10,11)12/h3-8H,1-2H2;4-8,10-12H2,1-3H3. The molecule has 0 saturated heterocycles. The van der Waals surface area contributed by atoms with Crippen molar-refractivity contribution in [2.45, 2.75) is 39.0 Å². The van der Waals surface area contributed by atoms with E-state index in [0.29, 0.717) is 32.3 Å². The molecule has 6 N–H and O–H groups in total. The minimum Gasteiger partial charge on any atom is -0.374 e. The third kappa shape index (κ3) is 9.98. The summed E-state index contributed by atoms with van der Waals surface area (Å²) < 4.78 is 16.9. The molecule has 1 aromatic carbocycles. The van der Waals surface area contributed by atoms with Crippen LogP contribution in [0.15, 0.2) is 37.4 Å². The zero-order chi connectivity index (χ0) is 20.1. The van der Waals surface area contributed by atoms with Gasteiger partial charge >= 0.3 is 8.80 Å². The van der Waals surface area contributed by atoms with E-state index in [4.69, 9.17) is 30.5 Å². The highest BCUT2D eigenvalue weighted by Crippen LogP contribution is 2.19. The second kappa shape index (κ2) is 12.9. The lowest BCUT2D eigenvalue weighted by atomic mass is 10.1. The summed E-state index contributed by atoms with van der Waals surface area (Å²) in [4.78, 5) is 0. The lowest BCUT2D eigenvalue weighted by Crippen LogP contribution is -2.59. The maximum Gasteiger partial charge on any atom is 0.501 e. The summed E-state index contributed by atoms with van der Waals surface area (Å²) >= 11 is 0. The highest BCUT2D eigenvalue weighted by atomic mass is 28.4. The molecule has 1 aromatic rings. The van der Waals surface area contributed by atoms with Crippen LogP contribution in [-0.4, -0.2) is 34.4 Å². The number of nitrogens with two attached hydrogens (primary N) is 3. The van der Waals surface area contributed by atoms with Crippen LogP contribution >= 0.6 is 0 Å². The van der Waals surface area contributed by atoms with Gasteiger partial charge in [-0.15, -0.1) is 0 Å². The molecule has 148 valence electrons. The van der Waals surface area contributed by atoms with Crippen LogP contribution < -0.4 is 17.2 Å². The lowest BCUT2D eigenvalue weighted by Gasteiger charge is -2.30. The molecular weight excluding hydrogens is 346 g/mol. The molecule has 6 nitrogen and oxygen atoms in total. The Morgan fingerprint density at radius 3 is 1.54 bits per heavy atom. The summed E-state index contributed by atoms with van der Waals surface area (Å²) in [6, 6.07) is 8.55. The van der Waals surface area contributed by atoms with Gasteiger partial charge in [-0.05, 0) is 38.3 Å². The summed E-state index contributed by atoms with van der Waals surface area (Å²) in [7, 11) is -2.65. The smallest absolute Gasteiger partial charge is 0.374 e. The Bertz CT molecular complexity index is 489. The molecule has 0 spiro atoms. The molecule has 0 saturated carbocycles. The third-order valence-electron chi connectivity index (χ3n) is 3.39. The predicted molar refractivity (Wildman–Crippen MR) is 112 cm³/mol. The molecule has 0 amide bonds. The third-order valence-corrected chi connectivity index (χ3v) is 6.44. The normalized spacial score (nSPS) is 11.5. The van der Waals surface area contributed by atoms with Crippen molar-refractivity contribution in [3.63, 3.8) is 0 Å². The minimum atomic E-state index is -2.65. The predicted octanol–water partition coefficient (Wildman–Crippen LogP) is 2.93. The molecule has 0 aliphatic heterocycles. The molecule has 0 aromatic heterocycles. The van der Waals surface area contributed by atoms with E-state index in [9.17, 15) is 0 Å². The average molecular weight is 382 g/mol. The summed E-state index contributed by atoms with van der Waals surface area (Å²) in [5.41, 5.74) is 18.9. The summed E-state index contributed by atoms with van der Waals surface area (Å²) in [6.07, 6.45) is 4.06. The highest BCUT2D eigenvalue weighted by molar-refractivity contribution is 6.60. The van der Waals surface area contributed by atoms with E-state index in [1.54, 1.807) is 0 Å². The molecule has 0 fully saturated rings. The second-order valence-corrected chi connectivity index (χ2v) is 8.36. The maximum absolute atomic E-state index is 5.63. The van der Waals surface area contributed by atoms with Crippen molar-refractivity contribution in [3.8, 4) is 0 Å². The fourth-order valence-corrected chi connectivity index (χ4v) is 5.00. The van der Waals surface area contributed by atoms with Crippen molar-refractivity contribution in [1.82, 2.24) is 0 Å². The van der Waals surface area contributed by atoms with Gasteiger partial charge in [0, 0.05) is 25.9 Å². The first kappa shape index (κ1) is 24.7. The van der Waals surface area contributed by atoms with E-state index < -0.39 is 14.6 Å². The van der Waals surface area contributed by atoms with Gasteiger partial charge in [-0.2, -0.15) is 0 Å². The molecule has 26 heavy (non-hydrogen) atoms. The monoisotopic (exact) mass is 381 g/mol. The Balaban J connectivity index is 0.000000531. The van der Waals surface area contributed by atoms with E-state index >= 15 is 0 Å². The highest BCUT2D eigenvalue weighted by Gasteiger charge is 2.41. The Morgan fingerprint density at radius 2 is 1.27 bits per heavy atom. The van der Waals surface area contributed by atoms with Gasteiger partial charge in [0.2, 0.25) is 0 Å². The quantitative estimate of drug-likeness (QED) is 0.402. The first-order chi connectivity index (χ1) is 12.3. The van der Waals surface area contributed by atoms with Crippen LogP contribution in [0.25, 0.3) is 12.2 Å². The van der Waals surface area contributed by atoms with Crippen molar-refractivity contribution >= 4 is 21.0 Å². The molecule has 0 bridgehead atoms. The maximum atomic E-state index is 5.63. The van der Waals surface area contributed by atoms with Crippen LogP contribution in [0.3, 0.4) is 0 Å². The second-order valence-electron chi connectivity index (χ2n) is 5.63.